The second-order valence-electron chi connectivity index (χ2n) is 5.59. The molecule has 0 unspecified atom stereocenters. The number of aromatic nitrogens is 2. The number of hydrogen-bond donors (Lipinski definition) is 0. The van der Waals surface area contributed by atoms with Crippen LogP contribution >= 0.6 is 11.6 Å². The Morgan fingerprint density at radius 3 is 2.36 bits per heavy atom. The van der Waals surface area contributed by atoms with Gasteiger partial charge in [-0.05, 0) is 12.5 Å². The summed E-state index contributed by atoms with van der Waals surface area (Å²) in [6.45, 7) is 2.70. The van der Waals surface area contributed by atoms with E-state index in [1.54, 1.807) is 6.92 Å². The largest absolute Gasteiger partial charge is 0.466 e. The Hall–Kier alpha value is -2.59. The number of hydrogen-bond acceptors (Lipinski definition) is 3. The molecule has 4 nitrogen and oxygen atoms in total. The fourth-order valence-corrected chi connectivity index (χ4v) is 2.91. The summed E-state index contributed by atoms with van der Waals surface area (Å²) in [5.41, 5.74) is 2.60. The lowest BCUT2D eigenvalue weighted by Crippen LogP contribution is -2.08. The van der Waals surface area contributed by atoms with Crippen molar-refractivity contribution in [2.45, 2.75) is 19.9 Å². The highest BCUT2D eigenvalue weighted by atomic mass is 35.5. The Morgan fingerprint density at radius 1 is 1.08 bits per heavy atom. The molecule has 25 heavy (non-hydrogen) atoms. The van der Waals surface area contributed by atoms with Gasteiger partial charge in [0.25, 0.3) is 0 Å². The molecular weight excluding hydrogens is 336 g/mol. The predicted molar refractivity (Wildman–Crippen MR) is 98.6 cm³/mol. The molecule has 0 radical (unpaired) electrons. The van der Waals surface area contributed by atoms with Gasteiger partial charge in [0.1, 0.15) is 11.0 Å². The molecule has 0 saturated heterocycles. The van der Waals surface area contributed by atoms with Crippen LogP contribution < -0.4 is 0 Å². The van der Waals surface area contributed by atoms with Crippen LogP contribution in [0.4, 0.5) is 0 Å². The zero-order valence-corrected chi connectivity index (χ0v) is 14.7. The minimum atomic E-state index is -0.326. The topological polar surface area (TPSA) is 44.1 Å². The maximum absolute atomic E-state index is 11.8. The van der Waals surface area contributed by atoms with Crippen molar-refractivity contribution in [2.75, 3.05) is 6.61 Å². The van der Waals surface area contributed by atoms with Gasteiger partial charge in [0.05, 0.1) is 25.3 Å². The summed E-state index contributed by atoms with van der Waals surface area (Å²) < 4.78 is 6.96. The Morgan fingerprint density at radius 2 is 1.72 bits per heavy atom. The average Bonchev–Trinajstić information content (AvgIpc) is 2.93. The smallest absolute Gasteiger partial charge is 0.311 e. The fourth-order valence-electron chi connectivity index (χ4n) is 2.66. The third-order valence-corrected chi connectivity index (χ3v) is 4.23. The molecule has 0 aliphatic carbocycles. The van der Waals surface area contributed by atoms with Crippen molar-refractivity contribution >= 4 is 17.6 Å². The maximum Gasteiger partial charge on any atom is 0.311 e. The van der Waals surface area contributed by atoms with Gasteiger partial charge in [-0.1, -0.05) is 72.3 Å². The Bertz CT molecular complexity index is 845. The fraction of sp³-hybridized carbons (Fsp3) is 0.200. The first-order chi connectivity index (χ1) is 12.2. The van der Waals surface area contributed by atoms with E-state index in [0.29, 0.717) is 24.0 Å². The molecule has 0 fully saturated rings. The number of halogens is 1. The number of carbonyl (C=O) groups excluding carboxylic acids is 1. The number of carbonyl (C=O) groups is 1. The highest BCUT2D eigenvalue weighted by Gasteiger charge is 2.19. The first kappa shape index (κ1) is 17.2. The lowest BCUT2D eigenvalue weighted by molar-refractivity contribution is -0.142. The zero-order valence-electron chi connectivity index (χ0n) is 14.0. The predicted octanol–water partition coefficient (Wildman–Crippen LogP) is 4.36. The van der Waals surface area contributed by atoms with E-state index in [4.69, 9.17) is 16.3 Å². The van der Waals surface area contributed by atoms with Gasteiger partial charge in [0.2, 0.25) is 0 Å². The van der Waals surface area contributed by atoms with Gasteiger partial charge in [-0.2, -0.15) is 0 Å². The molecule has 0 spiro atoms. The summed E-state index contributed by atoms with van der Waals surface area (Å²) in [6.07, 6.45) is 0.0638. The van der Waals surface area contributed by atoms with E-state index in [0.717, 1.165) is 17.0 Å². The highest BCUT2D eigenvalue weighted by molar-refractivity contribution is 6.30. The lowest BCUT2D eigenvalue weighted by Gasteiger charge is -2.09. The number of ether oxygens (including phenoxy) is 1. The van der Waals surface area contributed by atoms with Crippen molar-refractivity contribution in [3.05, 3.63) is 77.1 Å². The van der Waals surface area contributed by atoms with Crippen molar-refractivity contribution in [1.82, 2.24) is 9.55 Å². The number of benzene rings is 2. The SMILES string of the molecule is CCOC(=O)Cc1nc(-c2ccccc2)n(Cc2ccccc2)c1Cl. The van der Waals surface area contributed by atoms with E-state index in [1.807, 2.05) is 65.2 Å². The number of nitrogens with zero attached hydrogens (tertiary/aromatic N) is 2. The molecule has 1 heterocycles. The Balaban J connectivity index is 2.01. The van der Waals surface area contributed by atoms with E-state index in [9.17, 15) is 4.79 Å². The van der Waals surface area contributed by atoms with E-state index < -0.39 is 0 Å². The van der Waals surface area contributed by atoms with Crippen LogP contribution in [0.25, 0.3) is 11.4 Å². The van der Waals surface area contributed by atoms with E-state index in [-0.39, 0.29) is 12.4 Å². The summed E-state index contributed by atoms with van der Waals surface area (Å²) in [5, 5.41) is 0.468. The lowest BCUT2D eigenvalue weighted by atomic mass is 10.2. The van der Waals surface area contributed by atoms with Crippen molar-refractivity contribution in [1.29, 1.82) is 0 Å². The summed E-state index contributed by atoms with van der Waals surface area (Å²) in [7, 11) is 0. The molecule has 3 aromatic rings. The third-order valence-electron chi connectivity index (χ3n) is 3.80. The monoisotopic (exact) mass is 354 g/mol. The molecule has 0 saturated carbocycles. The van der Waals surface area contributed by atoms with Gasteiger partial charge in [0.15, 0.2) is 0 Å². The van der Waals surface area contributed by atoms with Crippen LogP contribution in [0, 0.1) is 0 Å². The second kappa shape index (κ2) is 7.99. The standard InChI is InChI=1S/C20H19ClN2O2/c1-2-25-18(24)13-17-19(21)23(14-15-9-5-3-6-10-15)20(22-17)16-11-7-4-8-12-16/h3-12H,2,13-14H2,1H3. The molecule has 2 aromatic carbocycles. The maximum atomic E-state index is 11.8. The summed E-state index contributed by atoms with van der Waals surface area (Å²) in [4.78, 5) is 16.5. The molecular formula is C20H19ClN2O2. The van der Waals surface area contributed by atoms with Crippen LogP contribution in [-0.4, -0.2) is 22.1 Å². The Labute approximate surface area is 152 Å². The highest BCUT2D eigenvalue weighted by Crippen LogP contribution is 2.27. The first-order valence-corrected chi connectivity index (χ1v) is 8.56. The van der Waals surface area contributed by atoms with Crippen LogP contribution in [0.5, 0.6) is 0 Å². The average molecular weight is 355 g/mol. The molecule has 0 N–H and O–H groups in total. The van der Waals surface area contributed by atoms with Gasteiger partial charge in [-0.25, -0.2) is 4.98 Å². The molecule has 5 heteroatoms. The quantitative estimate of drug-likeness (QED) is 0.618. The van der Waals surface area contributed by atoms with Crippen molar-refractivity contribution < 1.29 is 9.53 Å². The normalized spacial score (nSPS) is 10.6. The van der Waals surface area contributed by atoms with Crippen LogP contribution in [0.3, 0.4) is 0 Å². The first-order valence-electron chi connectivity index (χ1n) is 8.19. The van der Waals surface area contributed by atoms with Crippen LogP contribution in [0.1, 0.15) is 18.2 Å². The number of esters is 1. The molecule has 0 aliphatic heterocycles. The molecule has 128 valence electrons. The van der Waals surface area contributed by atoms with Crippen LogP contribution in [0.15, 0.2) is 60.7 Å². The molecule has 0 amide bonds. The molecule has 3 rings (SSSR count). The van der Waals surface area contributed by atoms with E-state index >= 15 is 0 Å². The van der Waals surface area contributed by atoms with Crippen molar-refractivity contribution in [3.63, 3.8) is 0 Å². The number of imidazole rings is 1. The summed E-state index contributed by atoms with van der Waals surface area (Å²) >= 11 is 6.57. The van der Waals surface area contributed by atoms with Gasteiger partial charge < -0.3 is 9.30 Å². The van der Waals surface area contributed by atoms with E-state index in [1.165, 1.54) is 0 Å². The van der Waals surface area contributed by atoms with Crippen molar-refractivity contribution in [2.24, 2.45) is 0 Å². The number of rotatable bonds is 6. The third kappa shape index (κ3) is 4.09. The van der Waals surface area contributed by atoms with Gasteiger partial charge in [0, 0.05) is 5.56 Å². The van der Waals surface area contributed by atoms with Crippen LogP contribution in [0.2, 0.25) is 5.15 Å². The van der Waals surface area contributed by atoms with Gasteiger partial charge in [-0.15, -0.1) is 0 Å². The summed E-state index contributed by atoms with van der Waals surface area (Å²) in [6, 6.07) is 19.8. The van der Waals surface area contributed by atoms with Crippen molar-refractivity contribution in [3.8, 4) is 11.4 Å². The van der Waals surface area contributed by atoms with Gasteiger partial charge >= 0.3 is 5.97 Å². The molecule has 0 atom stereocenters. The molecule has 0 aliphatic rings. The van der Waals surface area contributed by atoms with Crippen LogP contribution in [-0.2, 0) is 22.5 Å². The minimum Gasteiger partial charge on any atom is -0.466 e. The Kier molecular flexibility index (Phi) is 5.51. The molecule has 0 bridgehead atoms. The zero-order chi connectivity index (χ0) is 17.6. The molecule has 1 aromatic heterocycles. The van der Waals surface area contributed by atoms with E-state index in [2.05, 4.69) is 4.98 Å². The minimum absolute atomic E-state index is 0.0638. The second-order valence-corrected chi connectivity index (χ2v) is 5.95. The summed E-state index contributed by atoms with van der Waals surface area (Å²) in [5.74, 6) is 0.419. The van der Waals surface area contributed by atoms with Gasteiger partial charge in [-0.3, -0.25) is 4.79 Å².